The van der Waals surface area contributed by atoms with E-state index in [9.17, 15) is 0 Å². The van der Waals surface area contributed by atoms with Gasteiger partial charge in [-0.05, 0) is 35.8 Å². The molecule has 0 aliphatic carbocycles. The largest absolute Gasteiger partial charge is 0.490 e. The zero-order valence-electron chi connectivity index (χ0n) is 7.27. The topological polar surface area (TPSA) is 9.23 Å². The van der Waals surface area contributed by atoms with E-state index in [2.05, 4.69) is 15.9 Å². The van der Waals surface area contributed by atoms with Crippen molar-refractivity contribution in [1.82, 2.24) is 0 Å². The van der Waals surface area contributed by atoms with Gasteiger partial charge in [-0.25, -0.2) is 0 Å². The van der Waals surface area contributed by atoms with Gasteiger partial charge < -0.3 is 4.74 Å². The lowest BCUT2D eigenvalue weighted by Gasteiger charge is -2.12. The van der Waals surface area contributed by atoms with Gasteiger partial charge in [0.1, 0.15) is 5.75 Å². The summed E-state index contributed by atoms with van der Waals surface area (Å²) in [6.07, 6.45) is 0.119. The fourth-order valence-electron chi connectivity index (χ4n) is 0.849. The first-order valence-electron chi connectivity index (χ1n) is 3.82. The third kappa shape index (κ3) is 3.04. The third-order valence-corrected chi connectivity index (χ3v) is 2.68. The van der Waals surface area contributed by atoms with Crippen molar-refractivity contribution in [2.45, 2.75) is 20.0 Å². The van der Waals surface area contributed by atoms with Crippen LogP contribution in [0.3, 0.4) is 0 Å². The van der Waals surface area contributed by atoms with E-state index >= 15 is 0 Å². The van der Waals surface area contributed by atoms with Gasteiger partial charge in [-0.1, -0.05) is 23.2 Å². The highest BCUT2D eigenvalue weighted by atomic mass is 79.9. The second-order valence-corrected chi connectivity index (χ2v) is 4.53. The van der Waals surface area contributed by atoms with Gasteiger partial charge in [0, 0.05) is 6.07 Å². The van der Waals surface area contributed by atoms with E-state index in [1.54, 1.807) is 12.1 Å². The summed E-state index contributed by atoms with van der Waals surface area (Å²) in [5.74, 6) is 0.712. The normalized spacial score (nSPS) is 10.6. The van der Waals surface area contributed by atoms with Crippen LogP contribution in [0.1, 0.15) is 13.8 Å². The predicted octanol–water partition coefficient (Wildman–Crippen LogP) is 4.54. The maximum Gasteiger partial charge on any atom is 0.135 e. The molecule has 1 rings (SSSR count). The van der Waals surface area contributed by atoms with Crippen molar-refractivity contribution in [2.75, 3.05) is 0 Å². The van der Waals surface area contributed by atoms with Gasteiger partial charge in [0.25, 0.3) is 0 Å². The van der Waals surface area contributed by atoms with Crippen LogP contribution in [0.15, 0.2) is 16.6 Å². The van der Waals surface area contributed by atoms with Gasteiger partial charge in [0.2, 0.25) is 0 Å². The van der Waals surface area contributed by atoms with Crippen LogP contribution in [0.2, 0.25) is 10.0 Å². The second-order valence-electron chi connectivity index (χ2n) is 2.86. The molecule has 13 heavy (non-hydrogen) atoms. The second kappa shape index (κ2) is 4.54. The summed E-state index contributed by atoms with van der Waals surface area (Å²) in [5, 5.41) is 1.02. The highest BCUT2D eigenvalue weighted by Crippen LogP contribution is 2.34. The minimum atomic E-state index is 0.119. The summed E-state index contributed by atoms with van der Waals surface area (Å²) in [6.45, 7) is 3.91. The third-order valence-electron chi connectivity index (χ3n) is 1.34. The number of halogens is 3. The molecule has 0 radical (unpaired) electrons. The monoisotopic (exact) mass is 282 g/mol. The van der Waals surface area contributed by atoms with E-state index in [0.29, 0.717) is 15.8 Å². The van der Waals surface area contributed by atoms with Gasteiger partial charge in [0.05, 0.1) is 20.6 Å². The molecule has 0 aromatic heterocycles. The summed E-state index contributed by atoms with van der Waals surface area (Å²) in [4.78, 5) is 0. The average Bonchev–Trinajstić information content (AvgIpc) is 1.99. The van der Waals surface area contributed by atoms with Gasteiger partial charge in [-0.2, -0.15) is 0 Å². The van der Waals surface area contributed by atoms with Crippen molar-refractivity contribution < 1.29 is 4.74 Å². The summed E-state index contributed by atoms with van der Waals surface area (Å²) in [7, 11) is 0. The molecule has 0 bridgehead atoms. The molecule has 0 fully saturated rings. The molecule has 0 heterocycles. The molecule has 0 saturated heterocycles. The fourth-order valence-corrected chi connectivity index (χ4v) is 1.73. The first kappa shape index (κ1) is 11.2. The number of hydrogen-bond donors (Lipinski definition) is 0. The Morgan fingerprint density at radius 1 is 1.23 bits per heavy atom. The summed E-state index contributed by atoms with van der Waals surface area (Å²) >= 11 is 15.0. The Morgan fingerprint density at radius 2 is 1.77 bits per heavy atom. The van der Waals surface area contributed by atoms with Crippen LogP contribution in [0.25, 0.3) is 0 Å². The molecular weight excluding hydrogens is 275 g/mol. The van der Waals surface area contributed by atoms with Crippen molar-refractivity contribution >= 4 is 39.1 Å². The maximum atomic E-state index is 5.84. The smallest absolute Gasteiger partial charge is 0.135 e. The van der Waals surface area contributed by atoms with Gasteiger partial charge in [-0.3, -0.25) is 0 Å². The predicted molar refractivity (Wildman–Crippen MR) is 59.9 cm³/mol. The van der Waals surface area contributed by atoms with Gasteiger partial charge in [-0.15, -0.1) is 0 Å². The zero-order chi connectivity index (χ0) is 10.0. The first-order chi connectivity index (χ1) is 6.00. The van der Waals surface area contributed by atoms with Crippen LogP contribution in [-0.2, 0) is 0 Å². The van der Waals surface area contributed by atoms with Crippen LogP contribution in [-0.4, -0.2) is 6.10 Å². The Kier molecular flexibility index (Phi) is 3.89. The Morgan fingerprint density at radius 3 is 2.31 bits per heavy atom. The van der Waals surface area contributed by atoms with Crippen molar-refractivity contribution in [2.24, 2.45) is 0 Å². The lowest BCUT2D eigenvalue weighted by atomic mass is 10.3. The van der Waals surface area contributed by atoms with E-state index < -0.39 is 0 Å². The van der Waals surface area contributed by atoms with Gasteiger partial charge in [0.15, 0.2) is 0 Å². The lowest BCUT2D eigenvalue weighted by molar-refractivity contribution is 0.241. The molecule has 1 aromatic rings. The highest BCUT2D eigenvalue weighted by molar-refractivity contribution is 9.10. The lowest BCUT2D eigenvalue weighted by Crippen LogP contribution is -2.05. The molecule has 0 saturated carbocycles. The molecule has 1 nitrogen and oxygen atoms in total. The Labute approximate surface area is 96.1 Å². The Bertz CT molecular complexity index is 313. The Hall–Kier alpha value is 0.0800. The number of hydrogen-bond acceptors (Lipinski definition) is 1. The number of rotatable bonds is 2. The molecule has 72 valence electrons. The van der Waals surface area contributed by atoms with E-state index in [1.165, 1.54) is 0 Å². The highest BCUT2D eigenvalue weighted by Gasteiger charge is 2.07. The summed E-state index contributed by atoms with van der Waals surface area (Å²) in [6, 6.07) is 3.43. The van der Waals surface area contributed by atoms with Crippen molar-refractivity contribution in [3.05, 3.63) is 26.7 Å². The van der Waals surface area contributed by atoms with Crippen LogP contribution in [0, 0.1) is 0 Å². The minimum Gasteiger partial charge on any atom is -0.490 e. The number of ether oxygens (including phenoxy) is 1. The maximum absolute atomic E-state index is 5.84. The van der Waals surface area contributed by atoms with E-state index in [4.69, 9.17) is 27.9 Å². The van der Waals surface area contributed by atoms with E-state index in [-0.39, 0.29) is 6.10 Å². The molecule has 0 aliphatic rings. The van der Waals surface area contributed by atoms with E-state index in [1.807, 2.05) is 13.8 Å². The van der Waals surface area contributed by atoms with Crippen molar-refractivity contribution in [3.8, 4) is 5.75 Å². The van der Waals surface area contributed by atoms with Crippen LogP contribution in [0.4, 0.5) is 0 Å². The fraction of sp³-hybridized carbons (Fsp3) is 0.333. The summed E-state index contributed by atoms with van der Waals surface area (Å²) in [5.41, 5.74) is 0. The molecule has 0 aliphatic heterocycles. The average molecular weight is 284 g/mol. The Balaban J connectivity index is 3.01. The van der Waals surface area contributed by atoms with Crippen LogP contribution >= 0.6 is 39.1 Å². The van der Waals surface area contributed by atoms with Crippen molar-refractivity contribution in [3.63, 3.8) is 0 Å². The molecule has 0 unspecified atom stereocenters. The van der Waals surface area contributed by atoms with Crippen LogP contribution in [0.5, 0.6) is 5.75 Å². The number of benzene rings is 1. The zero-order valence-corrected chi connectivity index (χ0v) is 10.4. The van der Waals surface area contributed by atoms with Crippen molar-refractivity contribution in [1.29, 1.82) is 0 Å². The molecule has 0 spiro atoms. The first-order valence-corrected chi connectivity index (χ1v) is 5.37. The van der Waals surface area contributed by atoms with Gasteiger partial charge >= 0.3 is 0 Å². The SMILES string of the molecule is CC(C)Oc1cc(Cl)c(Cl)cc1Br. The molecule has 0 amide bonds. The quantitative estimate of drug-likeness (QED) is 0.724. The van der Waals surface area contributed by atoms with E-state index in [0.717, 1.165) is 4.47 Å². The summed E-state index contributed by atoms with van der Waals surface area (Å²) < 4.78 is 6.31. The minimum absolute atomic E-state index is 0.119. The van der Waals surface area contributed by atoms with Crippen LogP contribution < -0.4 is 4.74 Å². The standard InChI is InChI=1S/C9H9BrCl2O/c1-5(2)13-9-4-8(12)7(11)3-6(9)10/h3-5H,1-2H3. The molecule has 0 N–H and O–H groups in total. The molecule has 1 aromatic carbocycles. The molecule has 4 heteroatoms. The molecule has 0 atom stereocenters. The molecular formula is C9H9BrCl2O.